The second kappa shape index (κ2) is 9.04. The number of nitriles is 1. The zero-order chi connectivity index (χ0) is 19.0. The van der Waals surface area contributed by atoms with E-state index in [0.717, 1.165) is 0 Å². The maximum absolute atomic E-state index is 13.1. The van der Waals surface area contributed by atoms with Gasteiger partial charge in [0.05, 0.1) is 17.7 Å². The van der Waals surface area contributed by atoms with Crippen LogP contribution >= 0.6 is 7.75 Å². The number of esters is 1. The Morgan fingerprint density at radius 3 is 2.42 bits per heavy atom. The van der Waals surface area contributed by atoms with Crippen molar-refractivity contribution in [2.45, 2.75) is 20.0 Å². The molecule has 0 aliphatic carbocycles. The summed E-state index contributed by atoms with van der Waals surface area (Å²) in [6.45, 7) is 3.06. The van der Waals surface area contributed by atoms with Crippen LogP contribution in [0.5, 0.6) is 11.5 Å². The number of para-hydroxylation sites is 1. The number of carbonyl (C=O) groups excluding carboxylic acids is 1. The quantitative estimate of drug-likeness (QED) is 0.556. The van der Waals surface area contributed by atoms with E-state index < -0.39 is 13.7 Å². The molecule has 8 heteroatoms. The van der Waals surface area contributed by atoms with E-state index in [2.05, 4.69) is 5.09 Å². The number of hydrogen-bond donors (Lipinski definition) is 1. The average Bonchev–Trinajstić information content (AvgIpc) is 2.60. The Bertz CT molecular complexity index is 833. The summed E-state index contributed by atoms with van der Waals surface area (Å²) in [7, 11) is -3.95. The standard InChI is InChI=1S/C18H19N2O5P/c1-14(2)23-18(21)13-20-26(22,24-16-8-4-3-5-9-16)25-17-10-6-7-15(11-17)12-19/h3-11,14H,13H2,1-2H3,(H,20,22). The van der Waals surface area contributed by atoms with Gasteiger partial charge in [-0.1, -0.05) is 24.3 Å². The number of benzene rings is 2. The summed E-state index contributed by atoms with van der Waals surface area (Å²) in [4.78, 5) is 11.7. The zero-order valence-corrected chi connectivity index (χ0v) is 15.3. The van der Waals surface area contributed by atoms with Gasteiger partial charge in [0.2, 0.25) is 0 Å². The molecule has 1 unspecified atom stereocenters. The van der Waals surface area contributed by atoms with Gasteiger partial charge in [0.15, 0.2) is 0 Å². The van der Waals surface area contributed by atoms with Crippen molar-refractivity contribution in [3.05, 3.63) is 60.2 Å². The molecule has 0 amide bonds. The van der Waals surface area contributed by atoms with Gasteiger partial charge in [-0.25, -0.2) is 4.57 Å². The van der Waals surface area contributed by atoms with Crippen molar-refractivity contribution < 1.29 is 23.1 Å². The Morgan fingerprint density at radius 1 is 1.12 bits per heavy atom. The highest BCUT2D eigenvalue weighted by atomic mass is 31.2. The van der Waals surface area contributed by atoms with E-state index in [-0.39, 0.29) is 18.4 Å². The van der Waals surface area contributed by atoms with Gasteiger partial charge in [-0.3, -0.25) is 4.79 Å². The molecule has 0 saturated heterocycles. The molecule has 2 aromatic rings. The second-order valence-electron chi connectivity index (χ2n) is 5.51. The number of carbonyl (C=O) groups is 1. The Morgan fingerprint density at radius 2 is 1.77 bits per heavy atom. The number of ether oxygens (including phenoxy) is 1. The van der Waals surface area contributed by atoms with Crippen molar-refractivity contribution in [2.24, 2.45) is 0 Å². The Balaban J connectivity index is 2.18. The van der Waals surface area contributed by atoms with Crippen molar-refractivity contribution in [1.29, 1.82) is 5.26 Å². The van der Waals surface area contributed by atoms with E-state index in [1.807, 2.05) is 6.07 Å². The first-order chi connectivity index (χ1) is 12.4. The molecule has 0 heterocycles. The summed E-state index contributed by atoms with van der Waals surface area (Å²) in [6, 6.07) is 16.5. The predicted octanol–water partition coefficient (Wildman–Crippen LogP) is 3.67. The third kappa shape index (κ3) is 6.25. The van der Waals surface area contributed by atoms with Gasteiger partial charge >= 0.3 is 13.7 Å². The van der Waals surface area contributed by atoms with Gasteiger partial charge < -0.3 is 13.8 Å². The van der Waals surface area contributed by atoms with Crippen LogP contribution in [-0.2, 0) is 14.1 Å². The highest BCUT2D eigenvalue weighted by Crippen LogP contribution is 2.44. The van der Waals surface area contributed by atoms with E-state index in [4.69, 9.17) is 19.0 Å². The van der Waals surface area contributed by atoms with E-state index in [0.29, 0.717) is 11.3 Å². The van der Waals surface area contributed by atoms with E-state index in [1.54, 1.807) is 56.3 Å². The van der Waals surface area contributed by atoms with Crippen molar-refractivity contribution >= 4 is 13.7 Å². The molecule has 0 aromatic heterocycles. The maximum Gasteiger partial charge on any atom is 0.513 e. The molecule has 7 nitrogen and oxygen atoms in total. The second-order valence-corrected chi connectivity index (χ2v) is 7.18. The minimum Gasteiger partial charge on any atom is -0.462 e. The van der Waals surface area contributed by atoms with Crippen molar-refractivity contribution in [3.63, 3.8) is 0 Å². The molecule has 2 rings (SSSR count). The minimum atomic E-state index is -3.95. The average molecular weight is 374 g/mol. The van der Waals surface area contributed by atoms with E-state index in [9.17, 15) is 9.36 Å². The lowest BCUT2D eigenvalue weighted by molar-refractivity contribution is -0.145. The van der Waals surface area contributed by atoms with Gasteiger partial charge in [0.25, 0.3) is 0 Å². The molecule has 0 aliphatic rings. The molecular formula is C18H19N2O5P. The van der Waals surface area contributed by atoms with E-state index in [1.165, 1.54) is 12.1 Å². The Hall–Kier alpha value is -2.81. The molecule has 0 aliphatic heterocycles. The van der Waals surface area contributed by atoms with Crippen molar-refractivity contribution in [3.8, 4) is 17.6 Å². The summed E-state index contributed by atoms with van der Waals surface area (Å²) in [5, 5.41) is 11.5. The molecule has 0 bridgehead atoms. The fourth-order valence-corrected chi connectivity index (χ4v) is 3.21. The lowest BCUT2D eigenvalue weighted by atomic mass is 10.2. The van der Waals surface area contributed by atoms with Crippen LogP contribution in [0.4, 0.5) is 0 Å². The summed E-state index contributed by atoms with van der Waals surface area (Å²) < 4.78 is 29.0. The molecule has 136 valence electrons. The molecule has 0 saturated carbocycles. The van der Waals surface area contributed by atoms with Crippen molar-refractivity contribution in [2.75, 3.05) is 6.54 Å². The monoisotopic (exact) mass is 374 g/mol. The van der Waals surface area contributed by atoms with Crippen LogP contribution in [0.25, 0.3) is 0 Å². The number of hydrogen-bond acceptors (Lipinski definition) is 6. The first kappa shape index (κ1) is 19.5. The highest BCUT2D eigenvalue weighted by Gasteiger charge is 2.30. The molecule has 1 N–H and O–H groups in total. The van der Waals surface area contributed by atoms with E-state index >= 15 is 0 Å². The smallest absolute Gasteiger partial charge is 0.462 e. The van der Waals surface area contributed by atoms with Crippen LogP contribution in [0.2, 0.25) is 0 Å². The summed E-state index contributed by atoms with van der Waals surface area (Å²) in [6.07, 6.45) is -0.299. The molecular weight excluding hydrogens is 355 g/mol. The SMILES string of the molecule is CC(C)OC(=O)CNP(=O)(Oc1ccccc1)Oc1cccc(C#N)c1. The van der Waals surface area contributed by atoms with Gasteiger partial charge in [-0.2, -0.15) is 10.3 Å². The van der Waals surface area contributed by atoms with Gasteiger partial charge in [0, 0.05) is 0 Å². The molecule has 2 aromatic carbocycles. The number of nitrogens with zero attached hydrogens (tertiary/aromatic N) is 1. The third-order valence-electron chi connectivity index (χ3n) is 2.94. The van der Waals surface area contributed by atoms with Gasteiger partial charge in [-0.15, -0.1) is 0 Å². The summed E-state index contributed by atoms with van der Waals surface area (Å²) in [5.41, 5.74) is 0.341. The zero-order valence-electron chi connectivity index (χ0n) is 14.4. The fourth-order valence-electron chi connectivity index (χ4n) is 1.93. The highest BCUT2D eigenvalue weighted by molar-refractivity contribution is 7.52. The normalized spacial score (nSPS) is 12.7. The number of nitrogens with one attached hydrogen (secondary N) is 1. The lowest BCUT2D eigenvalue weighted by Crippen LogP contribution is -2.28. The van der Waals surface area contributed by atoms with Crippen LogP contribution in [0.1, 0.15) is 19.4 Å². The predicted molar refractivity (Wildman–Crippen MR) is 95.7 cm³/mol. The third-order valence-corrected chi connectivity index (χ3v) is 4.39. The van der Waals surface area contributed by atoms with Crippen LogP contribution in [0.3, 0.4) is 0 Å². The fraction of sp³-hybridized carbons (Fsp3) is 0.222. The van der Waals surface area contributed by atoms with Crippen LogP contribution in [0, 0.1) is 11.3 Å². The molecule has 0 spiro atoms. The number of rotatable bonds is 8. The van der Waals surface area contributed by atoms with Crippen molar-refractivity contribution in [1.82, 2.24) is 5.09 Å². The first-order valence-electron chi connectivity index (χ1n) is 7.89. The molecule has 1 atom stereocenters. The topological polar surface area (TPSA) is 97.7 Å². The minimum absolute atomic E-state index is 0.174. The van der Waals surface area contributed by atoms with Gasteiger partial charge in [-0.05, 0) is 44.2 Å². The van der Waals surface area contributed by atoms with Crippen LogP contribution < -0.4 is 14.1 Å². The molecule has 0 fully saturated rings. The van der Waals surface area contributed by atoms with Gasteiger partial charge in [0.1, 0.15) is 18.0 Å². The summed E-state index contributed by atoms with van der Waals surface area (Å²) in [5.74, 6) is -0.115. The van der Waals surface area contributed by atoms with Crippen LogP contribution in [0.15, 0.2) is 54.6 Å². The lowest BCUT2D eigenvalue weighted by Gasteiger charge is -2.20. The largest absolute Gasteiger partial charge is 0.513 e. The summed E-state index contributed by atoms with van der Waals surface area (Å²) >= 11 is 0. The maximum atomic E-state index is 13.1. The molecule has 26 heavy (non-hydrogen) atoms. The Kier molecular flexibility index (Phi) is 6.79. The molecule has 0 radical (unpaired) electrons. The first-order valence-corrected chi connectivity index (χ1v) is 9.43. The van der Waals surface area contributed by atoms with Crippen LogP contribution in [-0.4, -0.2) is 18.6 Å². The Labute approximate surface area is 152 Å².